The standard InChI is InChI=1S/C29H26N6O5/c1-17-11-13-20(14-12-17)32-28(36)22-16-30-34-26(19-7-6-8-21(15-19)35(38)39)25(18(2)31-27(22)34)29(37)33-23-9-4-5-10-24(23)40-3/h4-16,26,31H,1-3H3,(H,32,36)(H,33,37)/t26-/m0/s1. The molecule has 202 valence electrons. The van der Waals surface area contributed by atoms with Crippen molar-refractivity contribution in [3.05, 3.63) is 117 Å². The molecule has 0 saturated carbocycles. The third-order valence-corrected chi connectivity index (χ3v) is 6.57. The Kier molecular flexibility index (Phi) is 7.02. The van der Waals surface area contributed by atoms with Gasteiger partial charge in [-0.3, -0.25) is 19.7 Å². The summed E-state index contributed by atoms with van der Waals surface area (Å²) in [6.07, 6.45) is 1.41. The van der Waals surface area contributed by atoms with Crippen LogP contribution >= 0.6 is 0 Å². The van der Waals surface area contributed by atoms with E-state index in [9.17, 15) is 19.7 Å². The van der Waals surface area contributed by atoms with Crippen molar-refractivity contribution in [3.63, 3.8) is 0 Å². The highest BCUT2D eigenvalue weighted by Crippen LogP contribution is 2.39. The first-order chi connectivity index (χ1) is 19.3. The third kappa shape index (κ3) is 4.99. The topological polar surface area (TPSA) is 140 Å². The van der Waals surface area contributed by atoms with Gasteiger partial charge in [-0.25, -0.2) is 4.68 Å². The fourth-order valence-electron chi connectivity index (χ4n) is 4.60. The molecule has 0 saturated heterocycles. The minimum absolute atomic E-state index is 0.135. The SMILES string of the molecule is COc1ccccc1NC(=O)C1=C(C)Nc2c(C(=O)Nc3ccc(C)cc3)cnn2[C@H]1c1cccc([N+](=O)[O-])c1. The van der Waals surface area contributed by atoms with E-state index >= 15 is 0 Å². The van der Waals surface area contributed by atoms with E-state index in [1.807, 2.05) is 19.1 Å². The van der Waals surface area contributed by atoms with Gasteiger partial charge in [-0.1, -0.05) is 42.0 Å². The number of carbonyl (C=O) groups excluding carboxylic acids is 2. The number of fused-ring (bicyclic) bond motifs is 1. The number of nitro benzene ring substituents is 1. The fraction of sp³-hybridized carbons (Fsp3) is 0.138. The number of aromatic nitrogens is 2. The highest BCUT2D eigenvalue weighted by molar-refractivity contribution is 6.09. The molecule has 4 aromatic rings. The minimum Gasteiger partial charge on any atom is -0.495 e. The molecule has 11 nitrogen and oxygen atoms in total. The number of methoxy groups -OCH3 is 1. The van der Waals surface area contributed by atoms with Crippen molar-refractivity contribution in [1.29, 1.82) is 0 Å². The average molecular weight is 539 g/mol. The van der Waals surface area contributed by atoms with Gasteiger partial charge >= 0.3 is 0 Å². The van der Waals surface area contributed by atoms with Gasteiger partial charge in [-0.15, -0.1) is 0 Å². The Hall–Kier alpha value is -5.45. The quantitative estimate of drug-likeness (QED) is 0.215. The van der Waals surface area contributed by atoms with Crippen molar-refractivity contribution >= 4 is 34.7 Å². The molecule has 0 bridgehead atoms. The number of nitro groups is 1. The molecule has 1 aromatic heterocycles. The maximum Gasteiger partial charge on any atom is 0.269 e. The number of nitrogens with zero attached hydrogens (tertiary/aromatic N) is 3. The summed E-state index contributed by atoms with van der Waals surface area (Å²) in [6.45, 7) is 3.66. The first-order valence-electron chi connectivity index (χ1n) is 12.4. The van der Waals surface area contributed by atoms with E-state index in [0.717, 1.165) is 5.56 Å². The van der Waals surface area contributed by atoms with Crippen molar-refractivity contribution in [2.75, 3.05) is 23.1 Å². The van der Waals surface area contributed by atoms with Gasteiger partial charge in [0.2, 0.25) is 0 Å². The summed E-state index contributed by atoms with van der Waals surface area (Å²) in [4.78, 5) is 38.1. The predicted octanol–water partition coefficient (Wildman–Crippen LogP) is 5.29. The van der Waals surface area contributed by atoms with E-state index in [0.29, 0.717) is 34.2 Å². The van der Waals surface area contributed by atoms with Crippen LogP contribution in [-0.4, -0.2) is 33.6 Å². The number of para-hydroxylation sites is 2. The second kappa shape index (κ2) is 10.7. The van der Waals surface area contributed by atoms with Crippen LogP contribution in [0.3, 0.4) is 0 Å². The highest BCUT2D eigenvalue weighted by Gasteiger charge is 2.36. The molecule has 0 spiro atoms. The Morgan fingerprint density at radius 1 is 1.00 bits per heavy atom. The Bertz CT molecular complexity index is 1660. The molecule has 2 amide bonds. The predicted molar refractivity (Wildman–Crippen MR) is 151 cm³/mol. The lowest BCUT2D eigenvalue weighted by molar-refractivity contribution is -0.384. The average Bonchev–Trinajstić information content (AvgIpc) is 3.37. The number of hydrogen-bond acceptors (Lipinski definition) is 7. The number of ether oxygens (including phenoxy) is 1. The molecule has 1 atom stereocenters. The molecule has 0 unspecified atom stereocenters. The van der Waals surface area contributed by atoms with Crippen LogP contribution in [0.5, 0.6) is 5.75 Å². The number of anilines is 3. The van der Waals surface area contributed by atoms with Crippen LogP contribution in [0.25, 0.3) is 0 Å². The zero-order valence-corrected chi connectivity index (χ0v) is 22.0. The van der Waals surface area contributed by atoms with Gasteiger partial charge < -0.3 is 20.7 Å². The summed E-state index contributed by atoms with van der Waals surface area (Å²) >= 11 is 0. The molecule has 0 aliphatic carbocycles. The van der Waals surface area contributed by atoms with Crippen LogP contribution in [0.4, 0.5) is 22.9 Å². The molecule has 0 radical (unpaired) electrons. The summed E-state index contributed by atoms with van der Waals surface area (Å²) in [5.41, 5.74) is 3.43. The first kappa shape index (κ1) is 26.2. The lowest BCUT2D eigenvalue weighted by Gasteiger charge is -2.30. The van der Waals surface area contributed by atoms with Gasteiger partial charge in [0.25, 0.3) is 17.5 Å². The third-order valence-electron chi connectivity index (χ3n) is 6.57. The summed E-state index contributed by atoms with van der Waals surface area (Å²) in [7, 11) is 1.50. The summed E-state index contributed by atoms with van der Waals surface area (Å²) < 4.78 is 6.87. The van der Waals surface area contributed by atoms with Gasteiger partial charge in [0.1, 0.15) is 23.2 Å². The molecule has 3 N–H and O–H groups in total. The number of benzene rings is 3. The molecule has 0 fully saturated rings. The number of amides is 2. The van der Waals surface area contributed by atoms with Crippen LogP contribution in [0.2, 0.25) is 0 Å². The maximum atomic E-state index is 13.7. The number of aryl methyl sites for hydroxylation is 1. The Labute approximate surface area is 229 Å². The molecule has 1 aliphatic heterocycles. The number of carbonyl (C=O) groups is 2. The van der Waals surface area contributed by atoms with Crippen molar-refractivity contribution in [2.24, 2.45) is 0 Å². The van der Waals surface area contributed by atoms with E-state index < -0.39 is 22.8 Å². The zero-order chi connectivity index (χ0) is 28.4. The van der Waals surface area contributed by atoms with Crippen molar-refractivity contribution in [3.8, 4) is 5.75 Å². The second-order valence-electron chi connectivity index (χ2n) is 9.24. The smallest absolute Gasteiger partial charge is 0.269 e. The molecule has 2 heterocycles. The largest absolute Gasteiger partial charge is 0.495 e. The van der Waals surface area contributed by atoms with Gasteiger partial charge in [-0.2, -0.15) is 5.10 Å². The lowest BCUT2D eigenvalue weighted by atomic mass is 9.94. The summed E-state index contributed by atoms with van der Waals surface area (Å²) in [6, 6.07) is 19.5. The number of non-ortho nitro benzene ring substituents is 1. The van der Waals surface area contributed by atoms with Crippen LogP contribution in [0, 0.1) is 17.0 Å². The van der Waals surface area contributed by atoms with Crippen molar-refractivity contribution in [1.82, 2.24) is 9.78 Å². The van der Waals surface area contributed by atoms with Crippen molar-refractivity contribution < 1.29 is 19.2 Å². The number of allylic oxidation sites excluding steroid dienone is 1. The van der Waals surface area contributed by atoms with Crippen molar-refractivity contribution in [2.45, 2.75) is 19.9 Å². The zero-order valence-electron chi connectivity index (χ0n) is 22.0. The molecule has 3 aromatic carbocycles. The van der Waals surface area contributed by atoms with E-state index in [2.05, 4.69) is 21.0 Å². The molecule has 40 heavy (non-hydrogen) atoms. The van der Waals surface area contributed by atoms with E-state index in [-0.39, 0.29) is 16.8 Å². The van der Waals surface area contributed by atoms with Gasteiger partial charge in [0.15, 0.2) is 0 Å². The summed E-state index contributed by atoms with van der Waals surface area (Å²) in [5.74, 6) is -0.0324. The molecule has 11 heteroatoms. The second-order valence-corrected chi connectivity index (χ2v) is 9.24. The van der Waals surface area contributed by atoms with Gasteiger partial charge in [0.05, 0.1) is 29.5 Å². The Morgan fingerprint density at radius 3 is 2.48 bits per heavy atom. The molecule has 1 aliphatic rings. The van der Waals surface area contributed by atoms with Crippen LogP contribution < -0.4 is 20.7 Å². The van der Waals surface area contributed by atoms with Crippen LogP contribution in [0.1, 0.15) is 34.5 Å². The number of nitrogens with one attached hydrogen (secondary N) is 3. The Morgan fingerprint density at radius 2 is 1.75 bits per heavy atom. The fourth-order valence-corrected chi connectivity index (χ4v) is 4.60. The molecular weight excluding hydrogens is 512 g/mol. The van der Waals surface area contributed by atoms with Crippen LogP contribution in [-0.2, 0) is 4.79 Å². The molecule has 5 rings (SSSR count). The van der Waals surface area contributed by atoms with Gasteiger partial charge in [-0.05, 0) is 43.7 Å². The lowest BCUT2D eigenvalue weighted by Crippen LogP contribution is -2.32. The number of rotatable bonds is 7. The number of hydrogen-bond donors (Lipinski definition) is 3. The minimum atomic E-state index is -0.869. The Balaban J connectivity index is 1.57. The normalized spacial score (nSPS) is 14.1. The summed E-state index contributed by atoms with van der Waals surface area (Å²) in [5, 5.41) is 24.9. The highest BCUT2D eigenvalue weighted by atomic mass is 16.6. The van der Waals surface area contributed by atoms with E-state index in [1.165, 1.54) is 30.1 Å². The first-order valence-corrected chi connectivity index (χ1v) is 12.4. The maximum absolute atomic E-state index is 13.7. The van der Waals surface area contributed by atoms with Gasteiger partial charge in [0, 0.05) is 23.5 Å². The molecular formula is C29H26N6O5. The van der Waals surface area contributed by atoms with Crippen LogP contribution in [0.15, 0.2) is 90.3 Å². The van der Waals surface area contributed by atoms with E-state index in [4.69, 9.17) is 4.74 Å². The van der Waals surface area contributed by atoms with E-state index in [1.54, 1.807) is 55.5 Å². The monoisotopic (exact) mass is 538 g/mol.